The van der Waals surface area contributed by atoms with Gasteiger partial charge in [0, 0.05) is 55.5 Å². The Morgan fingerprint density at radius 2 is 1.87 bits per heavy atom. The molecule has 3 amide bonds. The minimum atomic E-state index is -0.196. The summed E-state index contributed by atoms with van der Waals surface area (Å²) in [5.41, 5.74) is 1.17. The van der Waals surface area contributed by atoms with Crippen LogP contribution in [0.3, 0.4) is 0 Å². The van der Waals surface area contributed by atoms with Crippen molar-refractivity contribution in [3.63, 3.8) is 0 Å². The molecular formula is C21H21ClN6O2. The Hall–Kier alpha value is -3.39. The smallest absolute Gasteiger partial charge is 0.321 e. The van der Waals surface area contributed by atoms with Crippen molar-refractivity contribution in [2.24, 2.45) is 0 Å². The van der Waals surface area contributed by atoms with Gasteiger partial charge < -0.3 is 15.1 Å². The molecule has 0 aliphatic carbocycles. The fraction of sp³-hybridized carbons (Fsp3) is 0.238. The maximum Gasteiger partial charge on any atom is 0.321 e. The van der Waals surface area contributed by atoms with Crippen molar-refractivity contribution in [2.75, 3.05) is 31.5 Å². The molecule has 3 aromatic rings. The summed E-state index contributed by atoms with van der Waals surface area (Å²) in [5, 5.41) is 3.42. The maximum atomic E-state index is 12.9. The summed E-state index contributed by atoms with van der Waals surface area (Å²) in [6.07, 6.45) is 7.40. The van der Waals surface area contributed by atoms with Crippen LogP contribution in [0.15, 0.2) is 61.3 Å². The molecule has 0 spiro atoms. The largest absolute Gasteiger partial charge is 0.337 e. The van der Waals surface area contributed by atoms with Gasteiger partial charge in [0.1, 0.15) is 12.1 Å². The molecule has 3 heterocycles. The predicted molar refractivity (Wildman–Crippen MR) is 114 cm³/mol. The zero-order valence-corrected chi connectivity index (χ0v) is 17.0. The van der Waals surface area contributed by atoms with Crippen molar-refractivity contribution in [1.82, 2.24) is 24.3 Å². The number of benzene rings is 1. The Kier molecular flexibility index (Phi) is 5.94. The second-order valence-electron chi connectivity index (χ2n) is 6.95. The highest BCUT2D eigenvalue weighted by Crippen LogP contribution is 2.16. The summed E-state index contributed by atoms with van der Waals surface area (Å²) >= 11 is 5.97. The Morgan fingerprint density at radius 1 is 1.03 bits per heavy atom. The lowest BCUT2D eigenvalue weighted by Gasteiger charge is -2.22. The first-order valence-corrected chi connectivity index (χ1v) is 10.0. The van der Waals surface area contributed by atoms with Crippen LogP contribution in [-0.4, -0.2) is 62.5 Å². The Morgan fingerprint density at radius 3 is 2.60 bits per heavy atom. The fourth-order valence-electron chi connectivity index (χ4n) is 3.33. The third-order valence-electron chi connectivity index (χ3n) is 4.91. The van der Waals surface area contributed by atoms with Crippen LogP contribution in [0.25, 0.3) is 5.82 Å². The number of amides is 3. The van der Waals surface area contributed by atoms with E-state index in [-0.39, 0.29) is 11.9 Å². The van der Waals surface area contributed by atoms with E-state index in [0.29, 0.717) is 54.7 Å². The predicted octanol–water partition coefficient (Wildman–Crippen LogP) is 3.30. The van der Waals surface area contributed by atoms with Gasteiger partial charge in [-0.05, 0) is 36.8 Å². The summed E-state index contributed by atoms with van der Waals surface area (Å²) in [5.74, 6) is 0.612. The lowest BCUT2D eigenvalue weighted by Crippen LogP contribution is -2.39. The fourth-order valence-corrected chi connectivity index (χ4v) is 3.53. The van der Waals surface area contributed by atoms with E-state index in [0.717, 1.165) is 0 Å². The molecule has 9 heteroatoms. The second kappa shape index (κ2) is 8.96. The molecule has 4 rings (SSSR count). The van der Waals surface area contributed by atoms with Gasteiger partial charge in [0.25, 0.3) is 5.91 Å². The Balaban J connectivity index is 1.36. The van der Waals surface area contributed by atoms with E-state index in [1.807, 2.05) is 0 Å². The number of halogens is 1. The molecule has 1 aliphatic heterocycles. The van der Waals surface area contributed by atoms with E-state index in [2.05, 4.69) is 15.3 Å². The zero-order chi connectivity index (χ0) is 20.9. The van der Waals surface area contributed by atoms with Gasteiger partial charge in [-0.15, -0.1) is 0 Å². The molecule has 1 N–H and O–H groups in total. The summed E-state index contributed by atoms with van der Waals surface area (Å²) in [6, 6.07) is 10.4. The zero-order valence-electron chi connectivity index (χ0n) is 16.2. The molecule has 0 radical (unpaired) electrons. The number of hydrogen-bond donors (Lipinski definition) is 1. The average molecular weight is 425 g/mol. The van der Waals surface area contributed by atoms with Crippen LogP contribution in [0.2, 0.25) is 5.02 Å². The number of nitrogens with one attached hydrogen (secondary N) is 1. The molecule has 0 bridgehead atoms. The van der Waals surface area contributed by atoms with Crippen molar-refractivity contribution in [2.45, 2.75) is 6.42 Å². The monoisotopic (exact) mass is 424 g/mol. The van der Waals surface area contributed by atoms with Crippen molar-refractivity contribution >= 4 is 29.2 Å². The highest BCUT2D eigenvalue weighted by Gasteiger charge is 2.23. The molecule has 1 saturated heterocycles. The first kappa shape index (κ1) is 19.9. The number of pyridine rings is 1. The van der Waals surface area contributed by atoms with Gasteiger partial charge in [-0.3, -0.25) is 9.36 Å². The number of hydrogen-bond acceptors (Lipinski definition) is 4. The summed E-state index contributed by atoms with van der Waals surface area (Å²) in [6.45, 7) is 2.08. The number of aromatic nitrogens is 3. The first-order chi connectivity index (χ1) is 14.6. The summed E-state index contributed by atoms with van der Waals surface area (Å²) in [4.78, 5) is 37.3. The maximum absolute atomic E-state index is 12.9. The first-order valence-electron chi connectivity index (χ1n) is 9.65. The van der Waals surface area contributed by atoms with Crippen LogP contribution in [-0.2, 0) is 0 Å². The number of urea groups is 1. The second-order valence-corrected chi connectivity index (χ2v) is 7.38. The van der Waals surface area contributed by atoms with E-state index in [9.17, 15) is 9.59 Å². The molecule has 30 heavy (non-hydrogen) atoms. The third kappa shape index (κ3) is 4.60. The van der Waals surface area contributed by atoms with Gasteiger partial charge in [0.15, 0.2) is 0 Å². The van der Waals surface area contributed by atoms with E-state index >= 15 is 0 Å². The number of imidazole rings is 1. The normalized spacial score (nSPS) is 14.3. The number of carbonyl (C=O) groups excluding carboxylic acids is 2. The molecule has 1 aliphatic rings. The van der Waals surface area contributed by atoms with Gasteiger partial charge in [0.05, 0.1) is 5.56 Å². The van der Waals surface area contributed by atoms with Crippen molar-refractivity contribution in [3.8, 4) is 5.82 Å². The van der Waals surface area contributed by atoms with Crippen molar-refractivity contribution in [1.29, 1.82) is 0 Å². The van der Waals surface area contributed by atoms with Crippen LogP contribution < -0.4 is 5.32 Å². The number of rotatable bonds is 3. The van der Waals surface area contributed by atoms with Crippen LogP contribution in [0.4, 0.5) is 10.5 Å². The van der Waals surface area contributed by atoms with E-state index in [1.165, 1.54) is 0 Å². The van der Waals surface area contributed by atoms with E-state index < -0.39 is 0 Å². The van der Waals surface area contributed by atoms with Gasteiger partial charge in [-0.25, -0.2) is 14.8 Å². The topological polar surface area (TPSA) is 83.4 Å². The summed E-state index contributed by atoms with van der Waals surface area (Å²) in [7, 11) is 0. The Bertz CT molecular complexity index is 1020. The van der Waals surface area contributed by atoms with Gasteiger partial charge in [-0.1, -0.05) is 17.7 Å². The molecule has 0 unspecified atom stereocenters. The highest BCUT2D eigenvalue weighted by molar-refractivity contribution is 6.30. The van der Waals surface area contributed by atoms with Crippen LogP contribution in [0, 0.1) is 0 Å². The third-order valence-corrected chi connectivity index (χ3v) is 5.15. The molecular weight excluding hydrogens is 404 g/mol. The lowest BCUT2D eigenvalue weighted by atomic mass is 10.2. The minimum Gasteiger partial charge on any atom is -0.337 e. The van der Waals surface area contributed by atoms with E-state index in [1.54, 1.807) is 75.7 Å². The molecule has 2 aromatic heterocycles. The SMILES string of the molecule is O=C(Nc1cccc(Cl)c1)N1CCCN(C(=O)c2ccc(-n3ccnc3)nc2)CC1. The van der Waals surface area contributed by atoms with Crippen LogP contribution in [0.1, 0.15) is 16.8 Å². The highest BCUT2D eigenvalue weighted by atomic mass is 35.5. The van der Waals surface area contributed by atoms with E-state index in [4.69, 9.17) is 11.6 Å². The lowest BCUT2D eigenvalue weighted by molar-refractivity contribution is 0.0762. The molecule has 0 saturated carbocycles. The van der Waals surface area contributed by atoms with Crippen LogP contribution in [0.5, 0.6) is 0 Å². The molecule has 1 fully saturated rings. The van der Waals surface area contributed by atoms with Gasteiger partial charge in [0.2, 0.25) is 0 Å². The molecule has 8 nitrogen and oxygen atoms in total. The van der Waals surface area contributed by atoms with Crippen LogP contribution >= 0.6 is 11.6 Å². The molecule has 1 aromatic carbocycles. The molecule has 154 valence electrons. The number of carbonyl (C=O) groups is 2. The quantitative estimate of drug-likeness (QED) is 0.699. The van der Waals surface area contributed by atoms with Gasteiger partial charge in [-0.2, -0.15) is 0 Å². The number of nitrogens with zero attached hydrogens (tertiary/aromatic N) is 5. The Labute approximate surface area is 179 Å². The van der Waals surface area contributed by atoms with Crippen molar-refractivity contribution < 1.29 is 9.59 Å². The molecule has 0 atom stereocenters. The minimum absolute atomic E-state index is 0.0863. The average Bonchev–Trinajstić information content (AvgIpc) is 3.18. The summed E-state index contributed by atoms with van der Waals surface area (Å²) < 4.78 is 1.77. The van der Waals surface area contributed by atoms with Crippen molar-refractivity contribution in [3.05, 3.63) is 71.9 Å². The number of anilines is 1. The standard InChI is InChI=1S/C21H21ClN6O2/c22-17-3-1-4-18(13-17)25-21(30)27-9-2-8-26(11-12-27)20(29)16-5-6-19(24-14-16)28-10-7-23-15-28/h1,3-7,10,13-15H,2,8-9,11-12H2,(H,25,30). The van der Waals surface area contributed by atoms with Gasteiger partial charge >= 0.3 is 6.03 Å².